The predicted molar refractivity (Wildman–Crippen MR) is 101 cm³/mol. The maximum absolute atomic E-state index is 13.3. The number of benzene rings is 2. The van der Waals surface area contributed by atoms with Gasteiger partial charge >= 0.3 is 0 Å². The van der Waals surface area contributed by atoms with E-state index in [0.717, 1.165) is 10.9 Å². The van der Waals surface area contributed by atoms with E-state index in [4.69, 9.17) is 0 Å². The molecule has 0 aliphatic rings. The Morgan fingerprint density at radius 1 is 1.04 bits per heavy atom. The maximum Gasteiger partial charge on any atom is 0.269 e. The van der Waals surface area contributed by atoms with Gasteiger partial charge in [-0.25, -0.2) is 0 Å². The molecule has 10 heteroatoms. The van der Waals surface area contributed by atoms with Gasteiger partial charge in [-0.15, -0.1) is 10.2 Å². The molecule has 0 unspecified atom stereocenters. The number of nitro groups is 1. The van der Waals surface area contributed by atoms with Crippen LogP contribution in [0.15, 0.2) is 59.4 Å². The topological polar surface area (TPSA) is 135 Å². The van der Waals surface area contributed by atoms with Crippen LogP contribution in [0.4, 0.5) is 5.69 Å². The molecule has 0 spiro atoms. The zero-order valence-electron chi connectivity index (χ0n) is 14.2. The molecule has 10 nitrogen and oxygen atoms in total. The zero-order valence-corrected chi connectivity index (χ0v) is 14.2. The predicted octanol–water partition coefficient (Wildman–Crippen LogP) is 2.56. The molecule has 0 radical (unpaired) electrons. The van der Waals surface area contributed by atoms with Gasteiger partial charge in [-0.3, -0.25) is 19.5 Å². The van der Waals surface area contributed by atoms with Crippen molar-refractivity contribution in [2.45, 2.75) is 0 Å². The van der Waals surface area contributed by atoms with Crippen LogP contribution in [0.3, 0.4) is 0 Å². The van der Waals surface area contributed by atoms with Crippen LogP contribution in [0, 0.1) is 10.1 Å². The van der Waals surface area contributed by atoms with Gasteiger partial charge in [-0.2, -0.15) is 5.21 Å². The van der Waals surface area contributed by atoms with Gasteiger partial charge in [0.1, 0.15) is 0 Å². The van der Waals surface area contributed by atoms with Gasteiger partial charge in [0.25, 0.3) is 11.2 Å². The molecule has 0 bridgehead atoms. The van der Waals surface area contributed by atoms with E-state index in [9.17, 15) is 14.9 Å². The number of hydrogen-bond donors (Lipinski definition) is 2. The fourth-order valence-electron chi connectivity index (χ4n) is 3.33. The van der Waals surface area contributed by atoms with E-state index in [0.29, 0.717) is 16.7 Å². The van der Waals surface area contributed by atoms with Crippen molar-refractivity contribution >= 4 is 27.6 Å². The molecule has 0 aliphatic heterocycles. The number of nitrogens with one attached hydrogen (secondary N) is 2. The summed E-state index contributed by atoms with van der Waals surface area (Å²) in [6.45, 7) is 0. The molecule has 2 aromatic carbocycles. The first-order valence-corrected chi connectivity index (χ1v) is 8.28. The summed E-state index contributed by atoms with van der Waals surface area (Å²) >= 11 is 0. The van der Waals surface area contributed by atoms with Crippen LogP contribution < -0.4 is 5.56 Å². The highest BCUT2D eigenvalue weighted by atomic mass is 16.6. The van der Waals surface area contributed by atoms with Crippen LogP contribution in [0.1, 0.15) is 0 Å². The van der Waals surface area contributed by atoms with Crippen molar-refractivity contribution in [3.8, 4) is 17.1 Å². The summed E-state index contributed by atoms with van der Waals surface area (Å²) in [6, 6.07) is 15.1. The number of tetrazole rings is 1. The molecule has 5 aromatic rings. The minimum absolute atomic E-state index is 0.0544. The Balaban J connectivity index is 1.90. The number of para-hydroxylation sites is 1. The second-order valence-electron chi connectivity index (χ2n) is 6.14. The van der Waals surface area contributed by atoms with Crippen molar-refractivity contribution in [1.29, 1.82) is 0 Å². The van der Waals surface area contributed by atoms with E-state index in [1.165, 1.54) is 16.7 Å². The Morgan fingerprint density at radius 2 is 1.82 bits per heavy atom. The molecule has 0 saturated carbocycles. The highest BCUT2D eigenvalue weighted by Crippen LogP contribution is 2.29. The smallest absolute Gasteiger partial charge is 0.269 e. The Kier molecular flexibility index (Phi) is 3.31. The molecular weight excluding hydrogens is 362 g/mol. The summed E-state index contributed by atoms with van der Waals surface area (Å²) in [5.74, 6) is 0.168. The standard InChI is InChI=1S/C18H11N7O3/c26-18-13(17-20-22-23-21-17)9-15-16(12-3-1-2-4-14(12)19-15)24(18)10-5-7-11(8-6-10)25(27)28/h1-9,19H,(H,20,21,22,23). The third-order valence-electron chi connectivity index (χ3n) is 4.56. The number of non-ortho nitro benzene ring substituents is 1. The van der Waals surface area contributed by atoms with Crippen molar-refractivity contribution in [2.24, 2.45) is 0 Å². The summed E-state index contributed by atoms with van der Waals surface area (Å²) in [5, 5.41) is 25.5. The molecule has 2 N–H and O–H groups in total. The van der Waals surface area contributed by atoms with Crippen molar-refractivity contribution in [3.63, 3.8) is 0 Å². The lowest BCUT2D eigenvalue weighted by Crippen LogP contribution is -2.20. The van der Waals surface area contributed by atoms with Crippen molar-refractivity contribution < 1.29 is 4.92 Å². The Bertz CT molecular complexity index is 1400. The molecular formula is C18H11N7O3. The lowest BCUT2D eigenvalue weighted by molar-refractivity contribution is -0.384. The third-order valence-corrected chi connectivity index (χ3v) is 4.56. The van der Waals surface area contributed by atoms with Gasteiger partial charge in [-0.05, 0) is 29.5 Å². The van der Waals surface area contributed by atoms with E-state index in [1.54, 1.807) is 18.2 Å². The van der Waals surface area contributed by atoms with Crippen LogP contribution >= 0.6 is 0 Å². The first-order chi connectivity index (χ1) is 13.6. The fraction of sp³-hybridized carbons (Fsp3) is 0. The number of aromatic nitrogens is 6. The molecule has 0 atom stereocenters. The number of hydrogen-bond acceptors (Lipinski definition) is 6. The van der Waals surface area contributed by atoms with Crippen LogP contribution in [-0.4, -0.2) is 35.1 Å². The Hall–Kier alpha value is -4.34. The highest BCUT2D eigenvalue weighted by molar-refractivity contribution is 6.06. The van der Waals surface area contributed by atoms with Crippen LogP contribution in [0.2, 0.25) is 0 Å². The van der Waals surface area contributed by atoms with Gasteiger partial charge in [0, 0.05) is 28.7 Å². The minimum Gasteiger partial charge on any atom is -0.353 e. The monoisotopic (exact) mass is 373 g/mol. The van der Waals surface area contributed by atoms with Crippen molar-refractivity contribution in [3.05, 3.63) is 75.1 Å². The van der Waals surface area contributed by atoms with Crippen molar-refractivity contribution in [1.82, 2.24) is 30.2 Å². The molecule has 0 fully saturated rings. The second kappa shape index (κ2) is 5.84. The van der Waals surface area contributed by atoms with Gasteiger partial charge in [0.05, 0.1) is 21.5 Å². The summed E-state index contributed by atoms with van der Waals surface area (Å²) in [6.07, 6.45) is 0. The lowest BCUT2D eigenvalue weighted by atomic mass is 10.1. The molecule has 5 rings (SSSR count). The van der Waals surface area contributed by atoms with Crippen molar-refractivity contribution in [2.75, 3.05) is 0 Å². The molecule has 28 heavy (non-hydrogen) atoms. The SMILES string of the molecule is O=c1c(-c2nn[nH]n2)cc2[nH]c3ccccc3c2n1-c1ccc([N+](=O)[O-])cc1. The third kappa shape index (κ3) is 2.28. The average molecular weight is 373 g/mol. The normalized spacial score (nSPS) is 11.3. The highest BCUT2D eigenvalue weighted by Gasteiger charge is 2.19. The Labute approximate surface area is 155 Å². The molecule has 0 saturated heterocycles. The lowest BCUT2D eigenvalue weighted by Gasteiger charge is -2.10. The van der Waals surface area contributed by atoms with E-state index < -0.39 is 4.92 Å². The molecule has 136 valence electrons. The van der Waals surface area contributed by atoms with Gasteiger partial charge < -0.3 is 4.98 Å². The molecule has 3 aromatic heterocycles. The van der Waals surface area contributed by atoms with E-state index in [-0.39, 0.29) is 22.6 Å². The molecule has 0 aliphatic carbocycles. The largest absolute Gasteiger partial charge is 0.353 e. The number of H-pyrrole nitrogens is 2. The van der Waals surface area contributed by atoms with Gasteiger partial charge in [0.15, 0.2) is 0 Å². The maximum atomic E-state index is 13.3. The number of fused-ring (bicyclic) bond motifs is 3. The van der Waals surface area contributed by atoms with Crippen LogP contribution in [-0.2, 0) is 0 Å². The first-order valence-electron chi connectivity index (χ1n) is 8.28. The van der Waals surface area contributed by atoms with E-state index >= 15 is 0 Å². The van der Waals surface area contributed by atoms with Crippen LogP contribution in [0.25, 0.3) is 39.0 Å². The number of nitrogens with zero attached hydrogens (tertiary/aromatic N) is 5. The number of pyridine rings is 1. The first kappa shape index (κ1) is 15.9. The number of rotatable bonds is 3. The summed E-state index contributed by atoms with van der Waals surface area (Å²) in [5.41, 5.74) is 2.58. The fourth-order valence-corrected chi connectivity index (χ4v) is 3.33. The van der Waals surface area contributed by atoms with Crippen LogP contribution in [0.5, 0.6) is 0 Å². The summed E-state index contributed by atoms with van der Waals surface area (Å²) < 4.78 is 1.50. The summed E-state index contributed by atoms with van der Waals surface area (Å²) in [7, 11) is 0. The minimum atomic E-state index is -0.483. The average Bonchev–Trinajstić information content (AvgIpc) is 3.35. The van der Waals surface area contributed by atoms with Gasteiger partial charge in [0.2, 0.25) is 5.82 Å². The van der Waals surface area contributed by atoms with E-state index in [2.05, 4.69) is 25.6 Å². The summed E-state index contributed by atoms with van der Waals surface area (Å²) in [4.78, 5) is 27.1. The van der Waals surface area contributed by atoms with E-state index in [1.807, 2.05) is 24.3 Å². The zero-order chi connectivity index (χ0) is 19.3. The molecule has 0 amide bonds. The quantitative estimate of drug-likeness (QED) is 0.368. The number of aromatic amines is 2. The second-order valence-corrected chi connectivity index (χ2v) is 6.14. The Morgan fingerprint density at radius 3 is 2.54 bits per heavy atom. The van der Waals surface area contributed by atoms with Gasteiger partial charge in [-0.1, -0.05) is 18.2 Å². The molecule has 3 heterocycles. The number of nitro benzene ring substituents is 1.